The largest absolute Gasteiger partial charge is 0.393 e. The van der Waals surface area contributed by atoms with Gasteiger partial charge in [-0.15, -0.1) is 0 Å². The minimum Gasteiger partial charge on any atom is -0.393 e. The van der Waals surface area contributed by atoms with Crippen molar-refractivity contribution in [2.75, 3.05) is 11.1 Å². The minimum absolute atomic E-state index is 0.0486. The summed E-state index contributed by atoms with van der Waals surface area (Å²) in [5.41, 5.74) is 6.94. The summed E-state index contributed by atoms with van der Waals surface area (Å²) in [5.74, 6) is -0.477. The highest BCUT2D eigenvalue weighted by Crippen LogP contribution is 2.25. The Hall–Kier alpha value is -2.34. The summed E-state index contributed by atoms with van der Waals surface area (Å²) in [6.45, 7) is 0.400. The van der Waals surface area contributed by atoms with Crippen LogP contribution in [0.3, 0.4) is 0 Å². The fourth-order valence-electron chi connectivity index (χ4n) is 1.68. The van der Waals surface area contributed by atoms with Crippen molar-refractivity contribution in [3.05, 3.63) is 62.9 Å². The van der Waals surface area contributed by atoms with Crippen molar-refractivity contribution in [1.82, 2.24) is 0 Å². The van der Waals surface area contributed by atoms with E-state index in [1.807, 2.05) is 0 Å². The lowest BCUT2D eigenvalue weighted by atomic mass is 10.2. The molecule has 5 nitrogen and oxygen atoms in total. The minimum atomic E-state index is -0.543. The zero-order valence-corrected chi connectivity index (χ0v) is 11.0. The van der Waals surface area contributed by atoms with Crippen molar-refractivity contribution in [3.8, 4) is 0 Å². The summed E-state index contributed by atoms with van der Waals surface area (Å²) in [4.78, 5) is 10.1. The third-order valence-electron chi connectivity index (χ3n) is 2.70. The van der Waals surface area contributed by atoms with Gasteiger partial charge in [0, 0.05) is 18.3 Å². The lowest BCUT2D eigenvalue weighted by Crippen LogP contribution is -2.02. The molecule has 7 heteroatoms. The highest BCUT2D eigenvalue weighted by atomic mass is 35.5. The number of hydrogen-bond acceptors (Lipinski definition) is 4. The van der Waals surface area contributed by atoms with Gasteiger partial charge in [0.25, 0.3) is 5.69 Å². The van der Waals surface area contributed by atoms with E-state index in [2.05, 4.69) is 5.32 Å². The Morgan fingerprint density at radius 2 is 2.05 bits per heavy atom. The SMILES string of the molecule is Nc1cc(NCc2ccc(F)c(Cl)c2)ccc1[N+](=O)[O-]. The Kier molecular flexibility index (Phi) is 4.05. The zero-order chi connectivity index (χ0) is 14.7. The maximum Gasteiger partial charge on any atom is 0.292 e. The number of nitrogens with zero attached hydrogens (tertiary/aromatic N) is 1. The van der Waals surface area contributed by atoms with Crippen molar-refractivity contribution in [2.24, 2.45) is 0 Å². The molecule has 0 saturated carbocycles. The van der Waals surface area contributed by atoms with Gasteiger partial charge in [-0.05, 0) is 29.8 Å². The second-order valence-electron chi connectivity index (χ2n) is 4.13. The average molecular weight is 296 g/mol. The molecular weight excluding hydrogens is 285 g/mol. The quantitative estimate of drug-likeness (QED) is 0.513. The Bertz CT molecular complexity index is 664. The topological polar surface area (TPSA) is 81.2 Å². The van der Waals surface area contributed by atoms with Crippen molar-refractivity contribution in [1.29, 1.82) is 0 Å². The predicted octanol–water partition coefficient (Wildman–Crippen LogP) is 3.58. The summed E-state index contributed by atoms with van der Waals surface area (Å²) in [6.07, 6.45) is 0. The van der Waals surface area contributed by atoms with Gasteiger partial charge in [0.05, 0.1) is 9.95 Å². The van der Waals surface area contributed by atoms with E-state index in [1.165, 1.54) is 24.3 Å². The van der Waals surface area contributed by atoms with Crippen LogP contribution in [0.4, 0.5) is 21.5 Å². The first kappa shape index (κ1) is 14.1. The molecule has 0 heterocycles. The summed E-state index contributed by atoms with van der Waals surface area (Å²) < 4.78 is 13.0. The van der Waals surface area contributed by atoms with Crippen LogP contribution in [0.15, 0.2) is 36.4 Å². The maximum atomic E-state index is 13.0. The summed E-state index contributed by atoms with van der Waals surface area (Å²) >= 11 is 5.68. The number of nitrogen functional groups attached to an aromatic ring is 1. The molecule has 0 aliphatic rings. The molecule has 0 fully saturated rings. The van der Waals surface area contributed by atoms with Gasteiger partial charge in [-0.3, -0.25) is 10.1 Å². The lowest BCUT2D eigenvalue weighted by molar-refractivity contribution is -0.383. The highest BCUT2D eigenvalue weighted by molar-refractivity contribution is 6.30. The van der Waals surface area contributed by atoms with Crippen molar-refractivity contribution in [2.45, 2.75) is 6.54 Å². The third-order valence-corrected chi connectivity index (χ3v) is 2.99. The van der Waals surface area contributed by atoms with Crippen molar-refractivity contribution < 1.29 is 9.31 Å². The van der Waals surface area contributed by atoms with Gasteiger partial charge >= 0.3 is 0 Å². The Morgan fingerprint density at radius 3 is 2.65 bits per heavy atom. The molecule has 0 aliphatic heterocycles. The van der Waals surface area contributed by atoms with E-state index in [0.29, 0.717) is 12.2 Å². The van der Waals surface area contributed by atoms with Gasteiger partial charge < -0.3 is 11.1 Å². The molecular formula is C13H11ClFN3O2. The van der Waals surface area contributed by atoms with E-state index in [1.54, 1.807) is 12.1 Å². The number of nitro benzene ring substituents is 1. The van der Waals surface area contributed by atoms with E-state index >= 15 is 0 Å². The van der Waals surface area contributed by atoms with Crippen LogP contribution in [0.1, 0.15) is 5.56 Å². The van der Waals surface area contributed by atoms with Crippen molar-refractivity contribution in [3.63, 3.8) is 0 Å². The van der Waals surface area contributed by atoms with Crippen molar-refractivity contribution >= 4 is 28.7 Å². The van der Waals surface area contributed by atoms with Crippen LogP contribution in [0.5, 0.6) is 0 Å². The number of benzene rings is 2. The van der Waals surface area contributed by atoms with Crippen LogP contribution in [-0.4, -0.2) is 4.92 Å². The maximum absolute atomic E-state index is 13.0. The number of nitro groups is 1. The van der Waals surface area contributed by atoms with Crippen LogP contribution in [0.25, 0.3) is 0 Å². The third kappa shape index (κ3) is 3.16. The van der Waals surface area contributed by atoms with Gasteiger partial charge in [0.2, 0.25) is 0 Å². The average Bonchev–Trinajstić information content (AvgIpc) is 2.40. The molecule has 0 aliphatic carbocycles. The second-order valence-corrected chi connectivity index (χ2v) is 4.54. The number of anilines is 2. The summed E-state index contributed by atoms with van der Waals surface area (Å²) in [5, 5.41) is 13.7. The van der Waals surface area contributed by atoms with Crippen LogP contribution in [0.2, 0.25) is 5.02 Å². The molecule has 0 saturated heterocycles. The van der Waals surface area contributed by atoms with Gasteiger partial charge in [-0.25, -0.2) is 4.39 Å². The first-order chi connectivity index (χ1) is 9.47. The summed E-state index contributed by atoms with van der Waals surface area (Å²) in [6, 6.07) is 8.75. The standard InChI is InChI=1S/C13H11ClFN3O2/c14-10-5-8(1-3-11(10)15)7-17-9-2-4-13(18(19)20)12(16)6-9/h1-6,17H,7,16H2. The molecule has 0 radical (unpaired) electrons. The second kappa shape index (κ2) is 5.75. The smallest absolute Gasteiger partial charge is 0.292 e. The number of nitrogens with two attached hydrogens (primary N) is 1. The van der Waals surface area contributed by atoms with Gasteiger partial charge in [-0.1, -0.05) is 17.7 Å². The van der Waals surface area contributed by atoms with Crippen LogP contribution >= 0.6 is 11.6 Å². The molecule has 0 amide bonds. The van der Waals surface area contributed by atoms with Gasteiger partial charge in [0.1, 0.15) is 11.5 Å². The lowest BCUT2D eigenvalue weighted by Gasteiger charge is -2.08. The van der Waals surface area contributed by atoms with E-state index in [4.69, 9.17) is 17.3 Å². The number of hydrogen-bond donors (Lipinski definition) is 2. The molecule has 0 aromatic heterocycles. The normalized spacial score (nSPS) is 10.3. The van der Waals surface area contributed by atoms with E-state index in [9.17, 15) is 14.5 Å². The number of rotatable bonds is 4. The molecule has 0 atom stereocenters. The Balaban J connectivity index is 2.09. The molecule has 2 aromatic rings. The highest BCUT2D eigenvalue weighted by Gasteiger charge is 2.10. The fourth-order valence-corrected chi connectivity index (χ4v) is 1.89. The zero-order valence-electron chi connectivity index (χ0n) is 10.3. The monoisotopic (exact) mass is 295 g/mol. The predicted molar refractivity (Wildman–Crippen MR) is 76.2 cm³/mol. The van der Waals surface area contributed by atoms with Gasteiger partial charge in [0.15, 0.2) is 0 Å². The molecule has 104 valence electrons. The van der Waals surface area contributed by atoms with Crippen LogP contribution < -0.4 is 11.1 Å². The Morgan fingerprint density at radius 1 is 1.30 bits per heavy atom. The van der Waals surface area contributed by atoms with Crippen LogP contribution in [0, 0.1) is 15.9 Å². The number of nitrogens with one attached hydrogen (secondary N) is 1. The molecule has 20 heavy (non-hydrogen) atoms. The molecule has 0 bridgehead atoms. The van der Waals surface area contributed by atoms with E-state index in [-0.39, 0.29) is 16.4 Å². The van der Waals surface area contributed by atoms with Gasteiger partial charge in [-0.2, -0.15) is 0 Å². The molecule has 3 N–H and O–H groups in total. The van der Waals surface area contributed by atoms with E-state index in [0.717, 1.165) is 5.56 Å². The Labute approximate surface area is 119 Å². The first-order valence-corrected chi connectivity index (χ1v) is 6.07. The summed E-state index contributed by atoms with van der Waals surface area (Å²) in [7, 11) is 0. The van der Waals surface area contributed by atoms with Crippen LogP contribution in [-0.2, 0) is 6.54 Å². The van der Waals surface area contributed by atoms with E-state index < -0.39 is 10.7 Å². The molecule has 0 unspecified atom stereocenters. The molecule has 2 aromatic carbocycles. The number of halogens is 2. The molecule has 0 spiro atoms. The fraction of sp³-hybridized carbons (Fsp3) is 0.0769. The first-order valence-electron chi connectivity index (χ1n) is 5.69. The molecule has 2 rings (SSSR count).